The predicted molar refractivity (Wildman–Crippen MR) is 161 cm³/mol. The van der Waals surface area contributed by atoms with Gasteiger partial charge >= 0.3 is 6.18 Å². The molecular weight excluding hydrogens is 602 g/mol. The van der Waals surface area contributed by atoms with Crippen LogP contribution in [0.2, 0.25) is 10.0 Å². The first-order valence-corrected chi connectivity index (χ1v) is 15.0. The molecule has 1 heterocycles. The molecular formula is C32H26Cl2F3N3OS. The number of halogens is 5. The average Bonchev–Trinajstić information content (AvgIpc) is 2.93. The summed E-state index contributed by atoms with van der Waals surface area (Å²) in [5, 5.41) is 11.1. The number of Topliss-reactive ketones (excluding diaryl/α,β-unsaturated/α-hetero) is 1. The number of benzene rings is 3. The maximum atomic E-state index is 13.7. The van der Waals surface area contributed by atoms with E-state index in [1.165, 1.54) is 4.90 Å². The van der Waals surface area contributed by atoms with E-state index in [0.29, 0.717) is 34.9 Å². The summed E-state index contributed by atoms with van der Waals surface area (Å²) >= 11 is 14.1. The van der Waals surface area contributed by atoms with E-state index < -0.39 is 17.7 Å². The fraction of sp³-hybridized carbons (Fsp3) is 0.250. The van der Waals surface area contributed by atoms with Crippen molar-refractivity contribution in [2.24, 2.45) is 5.73 Å². The Morgan fingerprint density at radius 1 is 1.05 bits per heavy atom. The minimum atomic E-state index is -4.62. The van der Waals surface area contributed by atoms with Crippen molar-refractivity contribution < 1.29 is 18.0 Å². The van der Waals surface area contributed by atoms with Gasteiger partial charge in [-0.25, -0.2) is 0 Å². The van der Waals surface area contributed by atoms with E-state index in [1.807, 2.05) is 50.2 Å². The van der Waals surface area contributed by atoms with Crippen molar-refractivity contribution in [3.8, 4) is 6.07 Å². The summed E-state index contributed by atoms with van der Waals surface area (Å²) in [4.78, 5) is 16.0. The molecule has 1 atom stereocenters. The zero-order valence-electron chi connectivity index (χ0n) is 22.8. The number of carbonyl (C=O) groups excluding carboxylic acids is 1. The van der Waals surface area contributed by atoms with Crippen LogP contribution in [0.1, 0.15) is 53.0 Å². The number of hydrogen-bond donors (Lipinski definition) is 1. The van der Waals surface area contributed by atoms with Crippen molar-refractivity contribution in [2.75, 3.05) is 4.90 Å². The summed E-state index contributed by atoms with van der Waals surface area (Å²) in [5.74, 6) is -0.306. The van der Waals surface area contributed by atoms with Gasteiger partial charge in [0.1, 0.15) is 5.82 Å². The summed E-state index contributed by atoms with van der Waals surface area (Å²) < 4.78 is 41.0. The summed E-state index contributed by atoms with van der Waals surface area (Å²) in [6.45, 7) is 3.94. The molecule has 216 valence electrons. The highest BCUT2D eigenvalue weighted by molar-refractivity contribution is 7.98. The Bertz CT molecular complexity index is 1690. The number of aryl methyl sites for hydroxylation is 2. The van der Waals surface area contributed by atoms with Gasteiger partial charge in [0, 0.05) is 33.4 Å². The first-order chi connectivity index (χ1) is 19.9. The van der Waals surface area contributed by atoms with E-state index in [0.717, 1.165) is 45.3 Å². The molecule has 1 aliphatic carbocycles. The first-order valence-electron chi connectivity index (χ1n) is 13.2. The van der Waals surface area contributed by atoms with Crippen LogP contribution in [0.3, 0.4) is 0 Å². The molecule has 0 spiro atoms. The second-order valence-corrected chi connectivity index (χ2v) is 12.3. The largest absolute Gasteiger partial charge is 0.416 e. The number of allylic oxidation sites excluding steroid dienone is 3. The third kappa shape index (κ3) is 5.66. The van der Waals surface area contributed by atoms with Crippen LogP contribution in [-0.2, 0) is 16.7 Å². The van der Waals surface area contributed by atoms with Crippen molar-refractivity contribution >= 4 is 46.4 Å². The molecule has 2 N–H and O–H groups in total. The molecule has 2 aliphatic rings. The maximum Gasteiger partial charge on any atom is 0.416 e. The number of nitrogens with two attached hydrogens (primary N) is 1. The molecule has 1 unspecified atom stereocenters. The van der Waals surface area contributed by atoms with Crippen LogP contribution in [0.4, 0.5) is 18.9 Å². The number of hydrogen-bond acceptors (Lipinski definition) is 5. The molecule has 5 rings (SSSR count). The average molecular weight is 629 g/mol. The molecule has 0 fully saturated rings. The third-order valence-corrected chi connectivity index (χ3v) is 9.30. The van der Waals surface area contributed by atoms with Gasteiger partial charge in [-0.1, -0.05) is 35.3 Å². The van der Waals surface area contributed by atoms with Crippen LogP contribution >= 0.6 is 35.0 Å². The van der Waals surface area contributed by atoms with Crippen molar-refractivity contribution in [2.45, 2.75) is 55.9 Å². The van der Waals surface area contributed by atoms with E-state index in [9.17, 15) is 23.2 Å². The van der Waals surface area contributed by atoms with Gasteiger partial charge in [-0.15, -0.1) is 11.8 Å². The SMILES string of the molecule is Cc1cc(C)c(C2C(C#N)=C(N)N(c3cc(C(F)(F)F)ccc3Cl)C3=C2C(=O)CCC3)cc1CSc1ccc(Cl)cc1. The molecule has 0 radical (unpaired) electrons. The van der Waals surface area contributed by atoms with Crippen LogP contribution in [0.25, 0.3) is 0 Å². The number of carbonyl (C=O) groups is 1. The normalized spacial score (nSPS) is 17.4. The minimum absolute atomic E-state index is 0.0157. The quantitative estimate of drug-likeness (QED) is 0.285. The van der Waals surface area contributed by atoms with Gasteiger partial charge in [-0.3, -0.25) is 9.69 Å². The first kappa shape index (κ1) is 30.1. The Labute approximate surface area is 256 Å². The Balaban J connectivity index is 1.65. The molecule has 4 nitrogen and oxygen atoms in total. The Morgan fingerprint density at radius 2 is 1.76 bits per heavy atom. The molecule has 0 saturated heterocycles. The lowest BCUT2D eigenvalue weighted by atomic mass is 9.74. The lowest BCUT2D eigenvalue weighted by molar-refractivity contribution is -0.137. The molecule has 10 heteroatoms. The molecule has 3 aromatic carbocycles. The van der Waals surface area contributed by atoms with Gasteiger partial charge in [0.2, 0.25) is 0 Å². The summed E-state index contributed by atoms with van der Waals surface area (Å²) in [7, 11) is 0. The van der Waals surface area contributed by atoms with Crippen LogP contribution < -0.4 is 10.6 Å². The van der Waals surface area contributed by atoms with Crippen LogP contribution in [0.5, 0.6) is 0 Å². The van der Waals surface area contributed by atoms with Gasteiger partial charge in [-0.2, -0.15) is 18.4 Å². The summed E-state index contributed by atoms with van der Waals surface area (Å²) in [5.41, 5.74) is 10.4. The maximum absolute atomic E-state index is 13.7. The molecule has 1 aliphatic heterocycles. The van der Waals surface area contributed by atoms with Crippen LogP contribution in [-0.4, -0.2) is 5.78 Å². The zero-order valence-corrected chi connectivity index (χ0v) is 25.1. The van der Waals surface area contributed by atoms with E-state index in [-0.39, 0.29) is 34.3 Å². The minimum Gasteiger partial charge on any atom is -0.384 e. The number of rotatable bonds is 5. The number of alkyl halides is 3. The van der Waals surface area contributed by atoms with Gasteiger partial charge in [0.25, 0.3) is 0 Å². The summed E-state index contributed by atoms with van der Waals surface area (Å²) in [6, 6.07) is 16.8. The van der Waals surface area contributed by atoms with Crippen LogP contribution in [0.15, 0.2) is 82.2 Å². The lowest BCUT2D eigenvalue weighted by Gasteiger charge is -2.40. The Morgan fingerprint density at radius 3 is 2.43 bits per heavy atom. The molecule has 42 heavy (non-hydrogen) atoms. The van der Waals surface area contributed by atoms with E-state index in [1.54, 1.807) is 11.8 Å². The monoisotopic (exact) mass is 627 g/mol. The van der Waals surface area contributed by atoms with E-state index in [4.69, 9.17) is 28.9 Å². The zero-order chi connectivity index (χ0) is 30.3. The van der Waals surface area contributed by atoms with Crippen molar-refractivity contribution in [1.29, 1.82) is 5.26 Å². The fourth-order valence-corrected chi connectivity index (χ4v) is 6.90. The molecule has 0 aromatic heterocycles. The van der Waals surface area contributed by atoms with Gasteiger partial charge < -0.3 is 5.73 Å². The highest BCUT2D eigenvalue weighted by atomic mass is 35.5. The Hall–Kier alpha value is -3.38. The second-order valence-electron chi connectivity index (χ2n) is 10.4. The highest BCUT2D eigenvalue weighted by Gasteiger charge is 2.42. The number of anilines is 1. The number of nitriles is 1. The lowest BCUT2D eigenvalue weighted by Crippen LogP contribution is -2.39. The topological polar surface area (TPSA) is 70.1 Å². The van der Waals surface area contributed by atoms with E-state index in [2.05, 4.69) is 6.07 Å². The van der Waals surface area contributed by atoms with Crippen LogP contribution in [0, 0.1) is 25.2 Å². The summed E-state index contributed by atoms with van der Waals surface area (Å²) in [6.07, 6.45) is -3.45. The number of ketones is 1. The molecule has 0 amide bonds. The smallest absolute Gasteiger partial charge is 0.384 e. The van der Waals surface area contributed by atoms with E-state index >= 15 is 0 Å². The molecule has 3 aromatic rings. The Kier molecular flexibility index (Phi) is 8.39. The third-order valence-electron chi connectivity index (χ3n) is 7.67. The number of thioether (sulfide) groups is 1. The van der Waals surface area contributed by atoms with Gasteiger partial charge in [0.05, 0.1) is 33.8 Å². The predicted octanol–water partition coefficient (Wildman–Crippen LogP) is 9.23. The molecule has 0 saturated carbocycles. The van der Waals surface area contributed by atoms with Gasteiger partial charge in [0.15, 0.2) is 5.78 Å². The second kappa shape index (κ2) is 11.7. The van der Waals surface area contributed by atoms with Gasteiger partial charge in [-0.05, 0) is 91.4 Å². The fourth-order valence-electron chi connectivity index (χ4n) is 5.61. The molecule has 0 bridgehead atoms. The number of nitrogens with zero attached hydrogens (tertiary/aromatic N) is 2. The van der Waals surface area contributed by atoms with Crippen molar-refractivity contribution in [1.82, 2.24) is 0 Å². The highest BCUT2D eigenvalue weighted by Crippen LogP contribution is 2.49. The van der Waals surface area contributed by atoms with Crippen molar-refractivity contribution in [3.63, 3.8) is 0 Å². The standard InChI is InChI=1S/C32H26Cl2F3N3OS/c1-17-12-18(2)23(13-19(17)16-42-22-9-7-21(33)8-10-22)29-24(15-38)31(39)40(26-4-3-5-28(41)30(26)29)27-14-20(32(35,36)37)6-11-25(27)34/h6-14,29H,3-5,16,39H2,1-2H3. The van der Waals surface area contributed by atoms with Crippen molar-refractivity contribution in [3.05, 3.63) is 115 Å².